The van der Waals surface area contributed by atoms with Crippen LogP contribution >= 0.6 is 0 Å². The number of carbonyl (C=O) groups is 1. The van der Waals surface area contributed by atoms with Crippen LogP contribution in [0.3, 0.4) is 0 Å². The van der Waals surface area contributed by atoms with Crippen LogP contribution in [0, 0.1) is 11.3 Å². The van der Waals surface area contributed by atoms with Crippen molar-refractivity contribution in [2.45, 2.75) is 32.7 Å². The van der Waals surface area contributed by atoms with Gasteiger partial charge in [-0.2, -0.15) is 0 Å². The van der Waals surface area contributed by atoms with E-state index in [2.05, 4.69) is 48.0 Å². The molecule has 0 bridgehead atoms. The monoisotopic (exact) mass is 342 g/mol. The molecule has 25 heavy (non-hydrogen) atoms. The first-order chi connectivity index (χ1) is 12.0. The van der Waals surface area contributed by atoms with Crippen LogP contribution in [0.1, 0.15) is 38.3 Å². The van der Waals surface area contributed by atoms with Crippen molar-refractivity contribution >= 4 is 17.3 Å². The summed E-state index contributed by atoms with van der Waals surface area (Å²) in [6, 6.07) is 8.78. The fraction of sp³-hybridized carbons (Fsp3) is 0.600. The van der Waals surface area contributed by atoms with E-state index in [4.69, 9.17) is 5.41 Å². The van der Waals surface area contributed by atoms with Crippen molar-refractivity contribution in [1.82, 2.24) is 9.80 Å². The molecule has 1 amide bonds. The predicted molar refractivity (Wildman–Crippen MR) is 102 cm³/mol. The summed E-state index contributed by atoms with van der Waals surface area (Å²) in [5.41, 5.74) is 2.59. The minimum atomic E-state index is -0.124. The molecule has 0 spiro atoms. The zero-order chi connectivity index (χ0) is 18.0. The number of hydrogen-bond donors (Lipinski definition) is 1. The third-order valence-electron chi connectivity index (χ3n) is 5.52. The van der Waals surface area contributed by atoms with E-state index in [0.717, 1.165) is 45.6 Å². The Labute approximate surface area is 151 Å². The van der Waals surface area contributed by atoms with Crippen molar-refractivity contribution in [2.24, 2.45) is 5.92 Å². The average molecular weight is 342 g/mol. The highest BCUT2D eigenvalue weighted by molar-refractivity contribution is 6.36. The molecule has 2 saturated heterocycles. The van der Waals surface area contributed by atoms with Crippen LogP contribution in [0.25, 0.3) is 0 Å². The largest absolute Gasteiger partial charge is 0.369 e. The van der Waals surface area contributed by atoms with Gasteiger partial charge < -0.3 is 14.7 Å². The number of likely N-dealkylation sites (N-methyl/N-ethyl adjacent to an activating group) is 1. The average Bonchev–Trinajstić information content (AvgIpc) is 2.61. The second kappa shape index (κ2) is 7.56. The Bertz CT molecular complexity index is 636. The standard InChI is InChI=1S/C20H30N4O/c1-15-7-8-19(24(14-15)20(25)16(2)21)17-5-4-6-18(13-17)23-11-9-22(3)10-12-23/h4-6,13,15,19,21H,7-12,14H2,1-3H3/t15-,19+/m0/s1. The molecule has 0 unspecified atom stereocenters. The molecule has 2 aliphatic heterocycles. The van der Waals surface area contributed by atoms with Crippen molar-refractivity contribution in [1.29, 1.82) is 5.41 Å². The van der Waals surface area contributed by atoms with Gasteiger partial charge in [0.1, 0.15) is 0 Å². The van der Waals surface area contributed by atoms with Crippen LogP contribution < -0.4 is 4.90 Å². The van der Waals surface area contributed by atoms with Gasteiger partial charge in [0.15, 0.2) is 0 Å². The first-order valence-corrected chi connectivity index (χ1v) is 9.35. The number of carbonyl (C=O) groups excluding carboxylic acids is 1. The van der Waals surface area contributed by atoms with E-state index in [0.29, 0.717) is 5.92 Å². The van der Waals surface area contributed by atoms with E-state index < -0.39 is 0 Å². The molecule has 136 valence electrons. The number of anilines is 1. The summed E-state index contributed by atoms with van der Waals surface area (Å²) in [5.74, 6) is 0.377. The number of likely N-dealkylation sites (tertiary alicyclic amines) is 1. The van der Waals surface area contributed by atoms with E-state index in [-0.39, 0.29) is 17.7 Å². The minimum Gasteiger partial charge on any atom is -0.369 e. The Hall–Kier alpha value is -1.88. The molecule has 1 N–H and O–H groups in total. The van der Waals surface area contributed by atoms with Crippen molar-refractivity contribution in [2.75, 3.05) is 44.7 Å². The summed E-state index contributed by atoms with van der Waals surface area (Å²) < 4.78 is 0. The van der Waals surface area contributed by atoms with Gasteiger partial charge in [0.25, 0.3) is 5.91 Å². The first-order valence-electron chi connectivity index (χ1n) is 9.35. The van der Waals surface area contributed by atoms with Crippen LogP contribution in [-0.4, -0.2) is 61.2 Å². The Morgan fingerprint density at radius 1 is 1.16 bits per heavy atom. The molecule has 1 aromatic rings. The van der Waals surface area contributed by atoms with Crippen LogP contribution in [-0.2, 0) is 4.79 Å². The van der Waals surface area contributed by atoms with Gasteiger partial charge in [-0.1, -0.05) is 19.1 Å². The summed E-state index contributed by atoms with van der Waals surface area (Å²) in [6.07, 6.45) is 2.11. The van der Waals surface area contributed by atoms with E-state index in [1.54, 1.807) is 6.92 Å². The number of nitrogens with zero attached hydrogens (tertiary/aromatic N) is 3. The molecule has 2 fully saturated rings. The van der Waals surface area contributed by atoms with Gasteiger partial charge in [-0.25, -0.2) is 0 Å². The second-order valence-corrected chi connectivity index (χ2v) is 7.67. The third-order valence-corrected chi connectivity index (χ3v) is 5.52. The topological polar surface area (TPSA) is 50.6 Å². The smallest absolute Gasteiger partial charge is 0.267 e. The van der Waals surface area contributed by atoms with Crippen molar-refractivity contribution in [3.63, 3.8) is 0 Å². The maximum atomic E-state index is 12.5. The Balaban J connectivity index is 1.83. The number of rotatable bonds is 3. The lowest BCUT2D eigenvalue weighted by atomic mass is 9.89. The van der Waals surface area contributed by atoms with Gasteiger partial charge in [-0.3, -0.25) is 10.2 Å². The molecule has 0 radical (unpaired) electrons. The lowest BCUT2D eigenvalue weighted by Crippen LogP contribution is -2.45. The van der Waals surface area contributed by atoms with Crippen LogP contribution in [0.15, 0.2) is 24.3 Å². The first kappa shape index (κ1) is 17.9. The summed E-state index contributed by atoms with van der Waals surface area (Å²) >= 11 is 0. The van der Waals surface area contributed by atoms with Gasteiger partial charge in [0, 0.05) is 38.4 Å². The van der Waals surface area contributed by atoms with Gasteiger partial charge in [0.2, 0.25) is 0 Å². The van der Waals surface area contributed by atoms with Gasteiger partial charge in [-0.15, -0.1) is 0 Å². The minimum absolute atomic E-state index is 0.0939. The Morgan fingerprint density at radius 3 is 2.56 bits per heavy atom. The van der Waals surface area contributed by atoms with E-state index in [1.807, 2.05) is 4.90 Å². The molecule has 0 saturated carbocycles. The maximum absolute atomic E-state index is 12.5. The molecule has 0 aromatic heterocycles. The molecule has 2 heterocycles. The summed E-state index contributed by atoms with van der Waals surface area (Å²) in [4.78, 5) is 19.2. The van der Waals surface area contributed by atoms with Gasteiger partial charge in [0.05, 0.1) is 11.8 Å². The third kappa shape index (κ3) is 4.03. The zero-order valence-corrected chi connectivity index (χ0v) is 15.7. The zero-order valence-electron chi connectivity index (χ0n) is 15.7. The quantitative estimate of drug-likeness (QED) is 0.860. The number of benzene rings is 1. The van der Waals surface area contributed by atoms with E-state index >= 15 is 0 Å². The molecule has 2 atom stereocenters. The number of hydrogen-bond acceptors (Lipinski definition) is 4. The summed E-state index contributed by atoms with van der Waals surface area (Å²) in [7, 11) is 2.17. The molecule has 0 aliphatic carbocycles. The van der Waals surface area contributed by atoms with E-state index in [1.165, 1.54) is 11.3 Å². The lowest BCUT2D eigenvalue weighted by Gasteiger charge is -2.39. The van der Waals surface area contributed by atoms with Crippen molar-refractivity contribution in [3.8, 4) is 0 Å². The number of piperidine rings is 1. The molecule has 2 aliphatic rings. The van der Waals surface area contributed by atoms with Crippen molar-refractivity contribution < 1.29 is 4.79 Å². The highest BCUT2D eigenvalue weighted by Crippen LogP contribution is 2.35. The molecular weight excluding hydrogens is 312 g/mol. The SMILES string of the molecule is CC(=N)C(=O)N1C[C@@H](C)CC[C@@H]1c1cccc(N2CCN(C)CC2)c1. The van der Waals surface area contributed by atoms with Crippen LogP contribution in [0.4, 0.5) is 5.69 Å². The normalized spacial score (nSPS) is 25.1. The number of piperazine rings is 1. The Morgan fingerprint density at radius 2 is 1.88 bits per heavy atom. The number of nitrogens with one attached hydrogen (secondary N) is 1. The molecule has 1 aromatic carbocycles. The fourth-order valence-electron chi connectivity index (χ4n) is 3.93. The summed E-state index contributed by atoms with van der Waals surface area (Å²) in [6.45, 7) is 8.80. The van der Waals surface area contributed by atoms with Gasteiger partial charge in [-0.05, 0) is 50.4 Å². The predicted octanol–water partition coefficient (Wildman–Crippen LogP) is 2.78. The molecule has 5 heteroatoms. The van der Waals surface area contributed by atoms with Crippen molar-refractivity contribution in [3.05, 3.63) is 29.8 Å². The summed E-state index contributed by atoms with van der Waals surface area (Å²) in [5, 5.41) is 7.77. The molecule has 3 rings (SSSR count). The lowest BCUT2D eigenvalue weighted by molar-refractivity contribution is -0.128. The maximum Gasteiger partial charge on any atom is 0.267 e. The van der Waals surface area contributed by atoms with Crippen LogP contribution in [0.5, 0.6) is 0 Å². The molecular formula is C20H30N4O. The fourth-order valence-corrected chi connectivity index (χ4v) is 3.93. The van der Waals surface area contributed by atoms with Gasteiger partial charge >= 0.3 is 0 Å². The Kier molecular flexibility index (Phi) is 5.42. The van der Waals surface area contributed by atoms with Crippen LogP contribution in [0.2, 0.25) is 0 Å². The second-order valence-electron chi connectivity index (χ2n) is 7.67. The highest BCUT2D eigenvalue weighted by atomic mass is 16.2. The van der Waals surface area contributed by atoms with E-state index in [9.17, 15) is 4.79 Å². The number of amides is 1. The molecule has 5 nitrogen and oxygen atoms in total. The highest BCUT2D eigenvalue weighted by Gasteiger charge is 2.32.